The van der Waals surface area contributed by atoms with Gasteiger partial charge >= 0.3 is 5.97 Å². The van der Waals surface area contributed by atoms with E-state index < -0.39 is 17.6 Å². The number of aromatic nitrogens is 4. The van der Waals surface area contributed by atoms with Crippen molar-refractivity contribution < 1.29 is 9.90 Å². The Labute approximate surface area is 117 Å². The molecule has 1 atom stereocenters. The minimum atomic E-state index is -1.10. The maximum Gasteiger partial charge on any atom is 0.327 e. The average molecular weight is 290 g/mol. The van der Waals surface area contributed by atoms with E-state index in [2.05, 4.69) is 22.7 Å². The lowest BCUT2D eigenvalue weighted by molar-refractivity contribution is -0.140. The molecule has 7 nitrogen and oxygen atoms in total. The van der Waals surface area contributed by atoms with E-state index in [1.807, 2.05) is 0 Å². The van der Waals surface area contributed by atoms with Gasteiger partial charge in [0.25, 0.3) is 5.56 Å². The molecule has 3 rings (SSSR count). The fourth-order valence-corrected chi connectivity index (χ4v) is 2.44. The topological polar surface area (TPSA) is 89.5 Å². The van der Waals surface area contributed by atoms with Crippen LogP contribution in [0.3, 0.4) is 0 Å². The van der Waals surface area contributed by atoms with Gasteiger partial charge in [-0.3, -0.25) is 9.36 Å². The van der Waals surface area contributed by atoms with Crippen molar-refractivity contribution in [2.45, 2.75) is 6.04 Å². The van der Waals surface area contributed by atoms with Crippen LogP contribution in [0.2, 0.25) is 0 Å². The Kier molecular flexibility index (Phi) is 2.94. The largest absolute Gasteiger partial charge is 0.480 e. The second-order valence-electron chi connectivity index (χ2n) is 4.22. The maximum absolute atomic E-state index is 12.4. The summed E-state index contributed by atoms with van der Waals surface area (Å²) in [6.07, 6.45) is 4.46. The summed E-state index contributed by atoms with van der Waals surface area (Å²) < 4.78 is 2.69. The van der Waals surface area contributed by atoms with Crippen LogP contribution in [-0.4, -0.2) is 36.0 Å². The van der Waals surface area contributed by atoms with Crippen LogP contribution in [0.4, 0.5) is 0 Å². The standard InChI is InChI=1S/C12H10N4O3S/c17-11-7-5-13-10-1-3-14-16(10)8(7)2-4-15(11)9(6-20)12(18)19/h1-5,9,20H,6H2,(H,18,19). The van der Waals surface area contributed by atoms with Gasteiger partial charge in [0, 0.05) is 24.2 Å². The highest BCUT2D eigenvalue weighted by atomic mass is 32.1. The van der Waals surface area contributed by atoms with Crippen LogP contribution in [0, 0.1) is 0 Å². The molecule has 3 aromatic heterocycles. The Hall–Kier alpha value is -2.35. The second-order valence-corrected chi connectivity index (χ2v) is 4.59. The Bertz CT molecular complexity index is 870. The molecule has 0 aromatic carbocycles. The van der Waals surface area contributed by atoms with Crippen LogP contribution in [0.1, 0.15) is 6.04 Å². The lowest BCUT2D eigenvalue weighted by Crippen LogP contribution is -2.31. The van der Waals surface area contributed by atoms with E-state index >= 15 is 0 Å². The summed E-state index contributed by atoms with van der Waals surface area (Å²) in [4.78, 5) is 27.7. The van der Waals surface area contributed by atoms with E-state index in [0.29, 0.717) is 16.6 Å². The molecule has 3 heterocycles. The Morgan fingerprint density at radius 3 is 2.95 bits per heavy atom. The van der Waals surface area contributed by atoms with Gasteiger partial charge in [-0.2, -0.15) is 17.7 Å². The summed E-state index contributed by atoms with van der Waals surface area (Å²) in [5, 5.41) is 13.5. The summed E-state index contributed by atoms with van der Waals surface area (Å²) in [7, 11) is 0. The van der Waals surface area contributed by atoms with Crippen molar-refractivity contribution in [3.05, 3.63) is 41.1 Å². The zero-order valence-corrected chi connectivity index (χ0v) is 11.1. The number of carbonyl (C=O) groups is 1. The minimum absolute atomic E-state index is 0.0260. The maximum atomic E-state index is 12.4. The van der Waals surface area contributed by atoms with E-state index in [0.717, 1.165) is 4.57 Å². The SMILES string of the molecule is O=C(O)C(CS)n1ccc2c(cnc3ccnn32)c1=O. The van der Waals surface area contributed by atoms with Gasteiger partial charge in [0.15, 0.2) is 5.65 Å². The number of hydrogen-bond acceptors (Lipinski definition) is 5. The number of thiol groups is 1. The van der Waals surface area contributed by atoms with Gasteiger partial charge in [0.05, 0.1) is 17.1 Å². The number of rotatable bonds is 3. The molecule has 0 bridgehead atoms. The Balaban J connectivity index is 2.33. The number of fused-ring (bicyclic) bond motifs is 3. The molecule has 0 amide bonds. The Morgan fingerprint density at radius 1 is 1.45 bits per heavy atom. The molecular weight excluding hydrogens is 280 g/mol. The van der Waals surface area contributed by atoms with Crippen LogP contribution >= 0.6 is 12.6 Å². The van der Waals surface area contributed by atoms with Crippen molar-refractivity contribution in [2.24, 2.45) is 0 Å². The molecule has 0 aliphatic heterocycles. The van der Waals surface area contributed by atoms with Crippen molar-refractivity contribution in [2.75, 3.05) is 5.75 Å². The monoisotopic (exact) mass is 290 g/mol. The number of nitrogens with zero attached hydrogens (tertiary/aromatic N) is 4. The van der Waals surface area contributed by atoms with E-state index in [1.165, 1.54) is 16.9 Å². The molecule has 0 radical (unpaired) electrons. The van der Waals surface area contributed by atoms with Crippen LogP contribution in [0.25, 0.3) is 16.6 Å². The molecule has 1 N–H and O–H groups in total. The highest BCUT2D eigenvalue weighted by Crippen LogP contribution is 2.13. The zero-order chi connectivity index (χ0) is 14.3. The zero-order valence-electron chi connectivity index (χ0n) is 10.2. The van der Waals surface area contributed by atoms with Crippen LogP contribution < -0.4 is 5.56 Å². The van der Waals surface area contributed by atoms with Crippen molar-refractivity contribution >= 4 is 35.1 Å². The van der Waals surface area contributed by atoms with Crippen LogP contribution in [0.15, 0.2) is 35.5 Å². The van der Waals surface area contributed by atoms with Gasteiger partial charge in [-0.25, -0.2) is 14.3 Å². The van der Waals surface area contributed by atoms with E-state index in [4.69, 9.17) is 5.11 Å². The van der Waals surface area contributed by atoms with E-state index in [1.54, 1.807) is 18.3 Å². The molecule has 0 saturated carbocycles. The average Bonchev–Trinajstić information content (AvgIpc) is 2.90. The molecule has 0 spiro atoms. The van der Waals surface area contributed by atoms with Gasteiger partial charge in [0.2, 0.25) is 0 Å². The van der Waals surface area contributed by atoms with Gasteiger partial charge < -0.3 is 5.11 Å². The quantitative estimate of drug-likeness (QED) is 0.689. The number of aliphatic carboxylic acids is 1. The molecule has 0 fully saturated rings. The van der Waals surface area contributed by atoms with Crippen molar-refractivity contribution in [1.82, 2.24) is 19.2 Å². The molecule has 1 unspecified atom stereocenters. The highest BCUT2D eigenvalue weighted by molar-refractivity contribution is 7.80. The number of hydrogen-bond donors (Lipinski definition) is 2. The first-order chi connectivity index (χ1) is 9.63. The first kappa shape index (κ1) is 12.7. The van der Waals surface area contributed by atoms with Gasteiger partial charge in [-0.05, 0) is 6.07 Å². The number of carboxylic acid groups (broad SMARTS) is 1. The third kappa shape index (κ3) is 1.76. The highest BCUT2D eigenvalue weighted by Gasteiger charge is 2.20. The minimum Gasteiger partial charge on any atom is -0.480 e. The first-order valence-electron chi connectivity index (χ1n) is 5.80. The lowest BCUT2D eigenvalue weighted by atomic mass is 10.2. The molecule has 20 heavy (non-hydrogen) atoms. The van der Waals surface area contributed by atoms with Crippen LogP contribution in [0.5, 0.6) is 0 Å². The second kappa shape index (κ2) is 4.64. The van der Waals surface area contributed by atoms with E-state index in [9.17, 15) is 9.59 Å². The summed E-state index contributed by atoms with van der Waals surface area (Å²) in [5.41, 5.74) is 0.789. The van der Waals surface area contributed by atoms with Crippen molar-refractivity contribution in [3.8, 4) is 0 Å². The predicted octanol–water partition coefficient (Wildman–Crippen LogP) is 0.600. The van der Waals surface area contributed by atoms with E-state index in [-0.39, 0.29) is 5.75 Å². The van der Waals surface area contributed by atoms with Gasteiger partial charge in [-0.1, -0.05) is 0 Å². The van der Waals surface area contributed by atoms with Gasteiger partial charge in [-0.15, -0.1) is 0 Å². The van der Waals surface area contributed by atoms with Crippen molar-refractivity contribution in [3.63, 3.8) is 0 Å². The summed E-state index contributed by atoms with van der Waals surface area (Å²) in [6.45, 7) is 0. The predicted molar refractivity (Wildman–Crippen MR) is 75.3 cm³/mol. The first-order valence-corrected chi connectivity index (χ1v) is 6.44. The molecular formula is C12H10N4O3S. The molecule has 102 valence electrons. The molecule has 0 aliphatic rings. The fourth-order valence-electron chi connectivity index (χ4n) is 2.10. The molecule has 0 aliphatic carbocycles. The van der Waals surface area contributed by atoms with Crippen LogP contribution in [-0.2, 0) is 4.79 Å². The molecule has 3 aromatic rings. The summed E-state index contributed by atoms with van der Waals surface area (Å²) in [5.74, 6) is -1.08. The number of carboxylic acids is 1. The molecule has 0 saturated heterocycles. The normalized spacial score (nSPS) is 12.8. The lowest BCUT2D eigenvalue weighted by Gasteiger charge is -2.13. The van der Waals surface area contributed by atoms with Gasteiger partial charge in [0.1, 0.15) is 6.04 Å². The third-order valence-electron chi connectivity index (χ3n) is 3.10. The number of pyridine rings is 1. The summed E-state index contributed by atoms with van der Waals surface area (Å²) >= 11 is 3.98. The van der Waals surface area contributed by atoms with Crippen molar-refractivity contribution in [1.29, 1.82) is 0 Å². The summed E-state index contributed by atoms with van der Waals surface area (Å²) in [6, 6.07) is 2.36. The fraction of sp³-hybridized carbons (Fsp3) is 0.167. The molecule has 8 heteroatoms. The third-order valence-corrected chi connectivity index (χ3v) is 3.45. The Morgan fingerprint density at radius 2 is 2.25 bits per heavy atom. The smallest absolute Gasteiger partial charge is 0.327 e.